The first-order chi connectivity index (χ1) is 6.77. The highest BCUT2D eigenvalue weighted by atomic mass is 16.3. The Morgan fingerprint density at radius 1 is 1.00 bits per heavy atom. The maximum Gasteiger partial charge on any atom is 0.0564 e. The molecule has 0 spiro atoms. The van der Waals surface area contributed by atoms with E-state index in [1.807, 2.05) is 0 Å². The van der Waals surface area contributed by atoms with Gasteiger partial charge in [-0.25, -0.2) is 0 Å². The monoisotopic (exact) mass is 197 g/mol. The summed E-state index contributed by atoms with van der Waals surface area (Å²) in [6, 6.07) is 0.816. The first-order valence-electron chi connectivity index (χ1n) is 6.19. The largest absolute Gasteiger partial charge is 0.393 e. The molecule has 1 saturated heterocycles. The summed E-state index contributed by atoms with van der Waals surface area (Å²) in [5, 5.41) is 9.46. The van der Waals surface area contributed by atoms with Crippen molar-refractivity contribution in [1.82, 2.24) is 4.90 Å². The highest BCUT2D eigenvalue weighted by Crippen LogP contribution is 2.29. The smallest absolute Gasteiger partial charge is 0.0564 e. The van der Waals surface area contributed by atoms with E-state index in [0.29, 0.717) is 0 Å². The molecule has 2 unspecified atom stereocenters. The minimum atomic E-state index is -0.0230. The number of hydrogen-bond acceptors (Lipinski definition) is 2. The van der Waals surface area contributed by atoms with Crippen LogP contribution in [0, 0.1) is 5.92 Å². The third-order valence-corrected chi connectivity index (χ3v) is 4.03. The van der Waals surface area contributed by atoms with E-state index in [0.717, 1.165) is 37.9 Å². The number of hydrogen-bond donors (Lipinski definition) is 1. The van der Waals surface area contributed by atoms with Crippen LogP contribution in [-0.2, 0) is 0 Å². The van der Waals surface area contributed by atoms with Crippen molar-refractivity contribution in [3.05, 3.63) is 0 Å². The molecule has 2 aliphatic rings. The van der Waals surface area contributed by atoms with Crippen LogP contribution in [0.2, 0.25) is 0 Å². The van der Waals surface area contributed by atoms with Crippen LogP contribution >= 0.6 is 0 Å². The zero-order valence-electron chi connectivity index (χ0n) is 9.28. The Balaban J connectivity index is 1.87. The van der Waals surface area contributed by atoms with E-state index in [2.05, 4.69) is 11.8 Å². The van der Waals surface area contributed by atoms with Crippen LogP contribution in [-0.4, -0.2) is 35.2 Å². The third kappa shape index (κ3) is 2.29. The van der Waals surface area contributed by atoms with Crippen molar-refractivity contribution >= 4 is 0 Å². The minimum Gasteiger partial charge on any atom is -0.393 e. The predicted molar refractivity (Wildman–Crippen MR) is 58.2 cm³/mol. The van der Waals surface area contributed by atoms with Gasteiger partial charge in [-0.3, -0.25) is 4.90 Å². The number of likely N-dealkylation sites (tertiary alicyclic amines) is 1. The SMILES string of the molecule is CC1CCCCC1N1CCC(O)CC1. The molecule has 0 amide bonds. The predicted octanol–water partition coefficient (Wildman–Crippen LogP) is 2.02. The Hall–Kier alpha value is -0.0800. The molecule has 0 bridgehead atoms. The maximum absolute atomic E-state index is 9.46. The van der Waals surface area contributed by atoms with Gasteiger partial charge in [0.15, 0.2) is 0 Å². The van der Waals surface area contributed by atoms with Crippen molar-refractivity contribution < 1.29 is 5.11 Å². The summed E-state index contributed by atoms with van der Waals surface area (Å²) >= 11 is 0. The Morgan fingerprint density at radius 3 is 2.29 bits per heavy atom. The van der Waals surface area contributed by atoms with E-state index in [1.165, 1.54) is 25.7 Å². The van der Waals surface area contributed by atoms with Gasteiger partial charge in [0.25, 0.3) is 0 Å². The first-order valence-corrected chi connectivity index (χ1v) is 6.19. The van der Waals surface area contributed by atoms with Crippen LogP contribution in [0.3, 0.4) is 0 Å². The maximum atomic E-state index is 9.46. The zero-order chi connectivity index (χ0) is 9.97. The van der Waals surface area contributed by atoms with Crippen LogP contribution in [0.5, 0.6) is 0 Å². The molecular weight excluding hydrogens is 174 g/mol. The Morgan fingerprint density at radius 2 is 1.64 bits per heavy atom. The summed E-state index contributed by atoms with van der Waals surface area (Å²) in [4.78, 5) is 2.62. The summed E-state index contributed by atoms with van der Waals surface area (Å²) in [6.07, 6.45) is 7.58. The average molecular weight is 197 g/mol. The molecule has 0 aromatic rings. The fourth-order valence-corrected chi connectivity index (χ4v) is 3.06. The normalized spacial score (nSPS) is 37.3. The van der Waals surface area contributed by atoms with Gasteiger partial charge in [-0.1, -0.05) is 19.8 Å². The van der Waals surface area contributed by atoms with E-state index < -0.39 is 0 Å². The molecule has 1 N–H and O–H groups in total. The van der Waals surface area contributed by atoms with E-state index in [9.17, 15) is 5.11 Å². The Bertz CT molecular complexity index is 175. The minimum absolute atomic E-state index is 0.0230. The highest BCUT2D eigenvalue weighted by Gasteiger charge is 2.29. The van der Waals surface area contributed by atoms with Gasteiger partial charge >= 0.3 is 0 Å². The summed E-state index contributed by atoms with van der Waals surface area (Å²) in [7, 11) is 0. The molecule has 0 aromatic heterocycles. The lowest BCUT2D eigenvalue weighted by Gasteiger charge is -2.41. The summed E-state index contributed by atoms with van der Waals surface area (Å²) < 4.78 is 0. The van der Waals surface area contributed by atoms with Gasteiger partial charge in [0.1, 0.15) is 0 Å². The second kappa shape index (κ2) is 4.63. The second-order valence-corrected chi connectivity index (χ2v) is 5.10. The van der Waals surface area contributed by atoms with Crippen LogP contribution in [0.25, 0.3) is 0 Å². The number of aliphatic hydroxyl groups is 1. The summed E-state index contributed by atoms with van der Waals surface area (Å²) in [5.41, 5.74) is 0. The van der Waals surface area contributed by atoms with Crippen molar-refractivity contribution in [3.63, 3.8) is 0 Å². The lowest BCUT2D eigenvalue weighted by Crippen LogP contribution is -2.46. The summed E-state index contributed by atoms with van der Waals surface area (Å²) in [6.45, 7) is 4.64. The first kappa shape index (κ1) is 10.4. The molecule has 2 rings (SSSR count). The highest BCUT2D eigenvalue weighted by molar-refractivity contribution is 4.84. The lowest BCUT2D eigenvalue weighted by molar-refractivity contribution is 0.0337. The second-order valence-electron chi connectivity index (χ2n) is 5.10. The van der Waals surface area contributed by atoms with Gasteiger partial charge in [0, 0.05) is 19.1 Å². The quantitative estimate of drug-likeness (QED) is 0.695. The van der Waals surface area contributed by atoms with E-state index >= 15 is 0 Å². The molecule has 1 saturated carbocycles. The molecule has 2 heteroatoms. The van der Waals surface area contributed by atoms with E-state index in [1.54, 1.807) is 0 Å². The van der Waals surface area contributed by atoms with Crippen LogP contribution in [0.15, 0.2) is 0 Å². The van der Waals surface area contributed by atoms with Gasteiger partial charge < -0.3 is 5.11 Å². The fourth-order valence-electron chi connectivity index (χ4n) is 3.06. The molecule has 2 atom stereocenters. The van der Waals surface area contributed by atoms with Gasteiger partial charge in [-0.2, -0.15) is 0 Å². The van der Waals surface area contributed by atoms with Crippen molar-refractivity contribution in [2.45, 2.75) is 57.6 Å². The van der Waals surface area contributed by atoms with Crippen molar-refractivity contribution in [2.75, 3.05) is 13.1 Å². The topological polar surface area (TPSA) is 23.5 Å². The summed E-state index contributed by atoms with van der Waals surface area (Å²) in [5.74, 6) is 0.874. The number of aliphatic hydroxyl groups excluding tert-OH is 1. The van der Waals surface area contributed by atoms with Crippen molar-refractivity contribution in [3.8, 4) is 0 Å². The number of nitrogens with zero attached hydrogens (tertiary/aromatic N) is 1. The molecule has 14 heavy (non-hydrogen) atoms. The van der Waals surface area contributed by atoms with Gasteiger partial charge in [0.05, 0.1) is 6.10 Å². The van der Waals surface area contributed by atoms with E-state index in [4.69, 9.17) is 0 Å². The van der Waals surface area contributed by atoms with Crippen LogP contribution in [0.1, 0.15) is 45.4 Å². The molecule has 1 aliphatic carbocycles. The molecule has 2 fully saturated rings. The molecule has 1 aliphatic heterocycles. The standard InChI is InChI=1S/C12H23NO/c1-10-4-2-3-5-12(10)13-8-6-11(14)7-9-13/h10-12,14H,2-9H2,1H3. The van der Waals surface area contributed by atoms with Gasteiger partial charge in [0.2, 0.25) is 0 Å². The number of rotatable bonds is 1. The molecule has 0 radical (unpaired) electrons. The zero-order valence-corrected chi connectivity index (χ0v) is 9.28. The fraction of sp³-hybridized carbons (Fsp3) is 1.00. The Labute approximate surface area is 87.3 Å². The van der Waals surface area contributed by atoms with Crippen LogP contribution < -0.4 is 0 Å². The molecule has 2 nitrogen and oxygen atoms in total. The van der Waals surface area contributed by atoms with E-state index in [-0.39, 0.29) is 6.10 Å². The van der Waals surface area contributed by atoms with Gasteiger partial charge in [-0.15, -0.1) is 0 Å². The molecular formula is C12H23NO. The molecule has 1 heterocycles. The van der Waals surface area contributed by atoms with Crippen molar-refractivity contribution in [2.24, 2.45) is 5.92 Å². The lowest BCUT2D eigenvalue weighted by atomic mass is 9.84. The molecule has 82 valence electrons. The number of piperidine rings is 1. The molecule has 0 aromatic carbocycles. The third-order valence-electron chi connectivity index (χ3n) is 4.03. The average Bonchev–Trinajstić information content (AvgIpc) is 2.20. The Kier molecular flexibility index (Phi) is 3.45. The van der Waals surface area contributed by atoms with Gasteiger partial charge in [-0.05, 0) is 31.6 Å². The van der Waals surface area contributed by atoms with Crippen molar-refractivity contribution in [1.29, 1.82) is 0 Å². The van der Waals surface area contributed by atoms with Crippen LogP contribution in [0.4, 0.5) is 0 Å².